The van der Waals surface area contributed by atoms with Crippen LogP contribution >= 0.6 is 0 Å². The van der Waals surface area contributed by atoms with Crippen molar-refractivity contribution in [2.45, 2.75) is 12.8 Å². The summed E-state index contributed by atoms with van der Waals surface area (Å²) in [4.78, 5) is 2.36. The first kappa shape index (κ1) is 27.8. The van der Waals surface area contributed by atoms with Crippen LogP contribution in [0.1, 0.15) is 23.1 Å². The molecular formula is C46H32N2O. The van der Waals surface area contributed by atoms with Gasteiger partial charge < -0.3 is 13.9 Å². The Morgan fingerprint density at radius 1 is 0.490 bits per heavy atom. The van der Waals surface area contributed by atoms with Crippen LogP contribution in [0.25, 0.3) is 61.1 Å². The van der Waals surface area contributed by atoms with Crippen LogP contribution in [0.5, 0.6) is 0 Å². The Balaban J connectivity index is 1.09. The van der Waals surface area contributed by atoms with Gasteiger partial charge in [-0.25, -0.2) is 0 Å². The minimum Gasteiger partial charge on any atom is -0.456 e. The second-order valence-electron chi connectivity index (χ2n) is 12.9. The van der Waals surface area contributed by atoms with E-state index in [0.29, 0.717) is 0 Å². The Bertz CT molecular complexity index is 2700. The third kappa shape index (κ3) is 4.51. The molecule has 9 aromatic rings. The first-order valence-electron chi connectivity index (χ1n) is 17.0. The molecule has 7 aromatic carbocycles. The van der Waals surface area contributed by atoms with Crippen molar-refractivity contribution in [3.05, 3.63) is 180 Å². The summed E-state index contributed by atoms with van der Waals surface area (Å²) >= 11 is 0. The fourth-order valence-corrected chi connectivity index (χ4v) is 7.81. The van der Waals surface area contributed by atoms with Crippen molar-refractivity contribution in [2.75, 3.05) is 4.90 Å². The molecule has 1 aliphatic carbocycles. The minimum absolute atomic E-state index is 0.944. The van der Waals surface area contributed by atoms with E-state index in [1.54, 1.807) is 0 Å². The molecule has 10 rings (SSSR count). The quantitative estimate of drug-likeness (QED) is 0.189. The van der Waals surface area contributed by atoms with Gasteiger partial charge in [-0.15, -0.1) is 0 Å². The minimum atomic E-state index is 0.944. The predicted molar refractivity (Wildman–Crippen MR) is 205 cm³/mol. The highest BCUT2D eigenvalue weighted by Crippen LogP contribution is 2.42. The molecule has 0 radical (unpaired) electrons. The monoisotopic (exact) mass is 628 g/mol. The molecule has 49 heavy (non-hydrogen) atoms. The number of para-hydroxylation sites is 4. The molecule has 2 aromatic heterocycles. The van der Waals surface area contributed by atoms with Crippen LogP contribution in [0.4, 0.5) is 17.1 Å². The first-order chi connectivity index (χ1) is 24.3. The zero-order chi connectivity index (χ0) is 32.3. The van der Waals surface area contributed by atoms with E-state index in [1.165, 1.54) is 54.8 Å². The van der Waals surface area contributed by atoms with E-state index in [2.05, 4.69) is 173 Å². The number of hydrogen-bond acceptors (Lipinski definition) is 2. The maximum absolute atomic E-state index is 6.23. The molecule has 0 N–H and O–H groups in total. The molecule has 3 heteroatoms. The molecule has 0 saturated heterocycles. The number of nitrogens with zero attached hydrogens (tertiary/aromatic N) is 2. The lowest BCUT2D eigenvalue weighted by Gasteiger charge is -2.26. The summed E-state index contributed by atoms with van der Waals surface area (Å²) in [5.74, 6) is 0. The summed E-state index contributed by atoms with van der Waals surface area (Å²) in [6.07, 6.45) is 4.42. The SMILES string of the molecule is C1=C(c2ccc(N(c3ccccc3)c3ccc4c5ccccc5n(-c5ccccc5)c4c3)cc2)CCc2ccc3oc4ccccc4c3c21. The second kappa shape index (κ2) is 11.1. The smallest absolute Gasteiger partial charge is 0.136 e. The van der Waals surface area contributed by atoms with Gasteiger partial charge in [0.25, 0.3) is 0 Å². The van der Waals surface area contributed by atoms with Gasteiger partial charge in [0.05, 0.1) is 11.0 Å². The standard InChI is InChI=1S/C46H32N2O/c1-3-11-34(12-4-1)47(37-26-27-39-38-15-7-9-17-42(38)48(43(39)30-37)35-13-5-2-6-14-35)36-24-21-31(22-25-36)33-20-19-32-23-28-45-46(41(32)29-33)40-16-8-10-18-44(40)49-45/h1-18,21-30H,19-20H2. The second-order valence-corrected chi connectivity index (χ2v) is 12.9. The van der Waals surface area contributed by atoms with Gasteiger partial charge in [0.15, 0.2) is 0 Å². The Morgan fingerprint density at radius 3 is 2.00 bits per heavy atom. The van der Waals surface area contributed by atoms with Crippen molar-refractivity contribution in [2.24, 2.45) is 0 Å². The van der Waals surface area contributed by atoms with E-state index in [-0.39, 0.29) is 0 Å². The largest absolute Gasteiger partial charge is 0.456 e. The fourth-order valence-electron chi connectivity index (χ4n) is 7.81. The van der Waals surface area contributed by atoms with Crippen LogP contribution in [0.2, 0.25) is 0 Å². The van der Waals surface area contributed by atoms with Crippen LogP contribution in [0.3, 0.4) is 0 Å². The van der Waals surface area contributed by atoms with Gasteiger partial charge in [0, 0.05) is 44.3 Å². The Hall–Kier alpha value is -6.32. The molecule has 0 unspecified atom stereocenters. The molecular weight excluding hydrogens is 597 g/mol. The van der Waals surface area contributed by atoms with Crippen LogP contribution in [0, 0.1) is 0 Å². The van der Waals surface area contributed by atoms with Crippen molar-refractivity contribution in [3.63, 3.8) is 0 Å². The molecule has 1 aliphatic rings. The Morgan fingerprint density at radius 2 is 1.16 bits per heavy atom. The van der Waals surface area contributed by atoms with Crippen molar-refractivity contribution < 1.29 is 4.42 Å². The van der Waals surface area contributed by atoms with E-state index in [9.17, 15) is 0 Å². The van der Waals surface area contributed by atoms with Crippen LogP contribution < -0.4 is 4.90 Å². The maximum atomic E-state index is 6.23. The third-order valence-electron chi connectivity index (χ3n) is 10.1. The van der Waals surface area contributed by atoms with Crippen molar-refractivity contribution >= 4 is 72.5 Å². The summed E-state index contributed by atoms with van der Waals surface area (Å²) in [6, 6.07) is 58.8. The normalized spacial score (nSPS) is 12.9. The maximum Gasteiger partial charge on any atom is 0.136 e. The van der Waals surface area contributed by atoms with Gasteiger partial charge in [0.2, 0.25) is 0 Å². The summed E-state index contributed by atoms with van der Waals surface area (Å²) in [5.41, 5.74) is 14.1. The van der Waals surface area contributed by atoms with Crippen LogP contribution in [-0.4, -0.2) is 4.57 Å². The lowest BCUT2D eigenvalue weighted by atomic mass is 9.86. The summed E-state index contributed by atoms with van der Waals surface area (Å²) < 4.78 is 8.61. The third-order valence-corrected chi connectivity index (χ3v) is 10.1. The number of hydrogen-bond donors (Lipinski definition) is 0. The van der Waals surface area contributed by atoms with Crippen molar-refractivity contribution in [1.29, 1.82) is 0 Å². The highest BCUT2D eigenvalue weighted by molar-refractivity contribution is 6.12. The highest BCUT2D eigenvalue weighted by Gasteiger charge is 2.20. The molecule has 0 amide bonds. The van der Waals surface area contributed by atoms with Gasteiger partial charge in [-0.2, -0.15) is 0 Å². The highest BCUT2D eigenvalue weighted by atomic mass is 16.3. The predicted octanol–water partition coefficient (Wildman–Crippen LogP) is 12.6. The molecule has 2 heterocycles. The van der Waals surface area contributed by atoms with E-state index < -0.39 is 0 Å². The molecule has 0 atom stereocenters. The molecule has 0 saturated carbocycles. The fraction of sp³-hybridized carbons (Fsp3) is 0.0435. The summed E-state index contributed by atoms with van der Waals surface area (Å²) in [7, 11) is 0. The average Bonchev–Trinajstić information content (AvgIpc) is 3.72. The molecule has 232 valence electrons. The van der Waals surface area contributed by atoms with Gasteiger partial charge >= 0.3 is 0 Å². The zero-order valence-corrected chi connectivity index (χ0v) is 26.9. The lowest BCUT2D eigenvalue weighted by molar-refractivity contribution is 0.668. The van der Waals surface area contributed by atoms with E-state index in [0.717, 1.165) is 46.8 Å². The number of fused-ring (bicyclic) bond motifs is 8. The summed E-state index contributed by atoms with van der Waals surface area (Å²) in [5, 5.41) is 4.91. The van der Waals surface area contributed by atoms with Gasteiger partial charge in [-0.1, -0.05) is 103 Å². The number of aryl methyl sites for hydroxylation is 1. The first-order valence-corrected chi connectivity index (χ1v) is 17.0. The molecule has 0 aliphatic heterocycles. The molecule has 0 fully saturated rings. The van der Waals surface area contributed by atoms with E-state index in [4.69, 9.17) is 4.42 Å². The van der Waals surface area contributed by atoms with Crippen molar-refractivity contribution in [1.82, 2.24) is 4.57 Å². The number of furan rings is 1. The Labute approximate surface area is 284 Å². The average molecular weight is 629 g/mol. The Kier molecular flexibility index (Phi) is 6.31. The summed E-state index contributed by atoms with van der Waals surface area (Å²) in [6.45, 7) is 0. The number of allylic oxidation sites excluding steroid dienone is 1. The number of aromatic nitrogens is 1. The van der Waals surface area contributed by atoms with Crippen molar-refractivity contribution in [3.8, 4) is 5.69 Å². The molecule has 3 nitrogen and oxygen atoms in total. The molecule has 0 spiro atoms. The van der Waals surface area contributed by atoms with E-state index in [1.807, 2.05) is 6.07 Å². The van der Waals surface area contributed by atoms with Crippen LogP contribution in [-0.2, 0) is 6.42 Å². The molecule has 0 bridgehead atoms. The van der Waals surface area contributed by atoms with Gasteiger partial charge in [-0.05, 0) is 102 Å². The number of benzene rings is 7. The lowest BCUT2D eigenvalue weighted by Crippen LogP contribution is -2.10. The van der Waals surface area contributed by atoms with Gasteiger partial charge in [-0.3, -0.25) is 0 Å². The number of rotatable bonds is 5. The van der Waals surface area contributed by atoms with Crippen LogP contribution in [0.15, 0.2) is 168 Å². The topological polar surface area (TPSA) is 21.3 Å². The zero-order valence-electron chi connectivity index (χ0n) is 26.9. The van der Waals surface area contributed by atoms with Gasteiger partial charge in [0.1, 0.15) is 11.2 Å². The van der Waals surface area contributed by atoms with E-state index >= 15 is 0 Å². The number of anilines is 3.